The summed E-state index contributed by atoms with van der Waals surface area (Å²) in [7, 11) is -3.01. The van der Waals surface area contributed by atoms with Gasteiger partial charge in [0.05, 0.1) is 17.1 Å². The molecule has 0 aliphatic carbocycles. The van der Waals surface area contributed by atoms with Crippen molar-refractivity contribution in [3.63, 3.8) is 0 Å². The molecule has 0 amide bonds. The Kier molecular flexibility index (Phi) is 4.05. The second-order valence-corrected chi connectivity index (χ2v) is 7.07. The Morgan fingerprint density at radius 1 is 1.26 bits per heavy atom. The number of hydrogen-bond donors (Lipinski definition) is 0. The van der Waals surface area contributed by atoms with Gasteiger partial charge in [0.15, 0.2) is 16.1 Å². The fourth-order valence-electron chi connectivity index (χ4n) is 2.03. The predicted molar refractivity (Wildman–Crippen MR) is 72.7 cm³/mol. The van der Waals surface area contributed by atoms with Gasteiger partial charge < -0.3 is 4.90 Å². The molecule has 1 saturated heterocycles. The van der Waals surface area contributed by atoms with E-state index in [0.717, 1.165) is 0 Å². The average molecular weight is 304 g/mol. The lowest BCUT2D eigenvalue weighted by Gasteiger charge is -2.22. The largest absolute Gasteiger partial charge is 0.355 e. The fourth-order valence-corrected chi connectivity index (χ4v) is 3.55. The number of carbonyl (C=O) groups is 1. The number of aryl methyl sites for hydroxylation is 1. The van der Waals surface area contributed by atoms with Crippen LogP contribution in [-0.4, -0.2) is 49.3 Å². The van der Waals surface area contributed by atoms with Crippen LogP contribution in [0.5, 0.6) is 0 Å². The lowest BCUT2D eigenvalue weighted by atomic mass is 10.3. The van der Waals surface area contributed by atoms with E-state index in [4.69, 9.17) is 11.6 Å². The van der Waals surface area contributed by atoms with Crippen LogP contribution < -0.4 is 4.90 Å². The molecular weight excluding hydrogens is 290 g/mol. The number of sulfone groups is 1. The van der Waals surface area contributed by atoms with Crippen molar-refractivity contribution in [3.8, 4) is 0 Å². The number of hydrogen-bond acceptors (Lipinski definition) is 6. The van der Waals surface area contributed by atoms with E-state index in [1.807, 2.05) is 0 Å². The van der Waals surface area contributed by atoms with Gasteiger partial charge in [0.1, 0.15) is 16.8 Å². The smallest absolute Gasteiger partial charge is 0.156 e. The van der Waals surface area contributed by atoms with Gasteiger partial charge >= 0.3 is 0 Å². The van der Waals surface area contributed by atoms with E-state index in [-0.39, 0.29) is 22.2 Å². The number of rotatable bonds is 2. The van der Waals surface area contributed by atoms with Crippen molar-refractivity contribution in [1.82, 2.24) is 9.97 Å². The number of aromatic nitrogens is 2. The first kappa shape index (κ1) is 14.2. The van der Waals surface area contributed by atoms with Gasteiger partial charge in [-0.15, -0.1) is 0 Å². The lowest BCUT2D eigenvalue weighted by molar-refractivity contribution is 0.112. The zero-order valence-corrected chi connectivity index (χ0v) is 12.0. The zero-order chi connectivity index (χ0) is 14.0. The molecule has 0 atom stereocenters. The normalized spacial score (nSPS) is 18.9. The summed E-state index contributed by atoms with van der Waals surface area (Å²) in [5, 5.41) is 0.101. The van der Waals surface area contributed by atoms with Crippen molar-refractivity contribution >= 4 is 33.5 Å². The van der Waals surface area contributed by atoms with Gasteiger partial charge in [-0.25, -0.2) is 18.4 Å². The molecule has 0 unspecified atom stereocenters. The maximum absolute atomic E-state index is 11.6. The second kappa shape index (κ2) is 5.42. The standard InChI is InChI=1S/C11H14ClN3O3S/c1-8-13-10(12)9(7-16)11(14-8)15-3-2-5-19(17,18)6-4-15/h7H,2-6H2,1H3. The molecule has 0 saturated carbocycles. The SMILES string of the molecule is Cc1nc(Cl)c(C=O)c(N2CCCS(=O)(=O)CC2)n1. The van der Waals surface area contributed by atoms with Crippen LogP contribution in [0.3, 0.4) is 0 Å². The Labute approximate surface area is 116 Å². The number of aldehydes is 1. The predicted octanol–water partition coefficient (Wildman–Crippen LogP) is 0.876. The van der Waals surface area contributed by atoms with Gasteiger partial charge in [0.2, 0.25) is 0 Å². The Hall–Kier alpha value is -1.21. The summed E-state index contributed by atoms with van der Waals surface area (Å²) in [5.41, 5.74) is 0.214. The van der Waals surface area contributed by atoms with Crippen molar-refractivity contribution < 1.29 is 13.2 Å². The highest BCUT2D eigenvalue weighted by Gasteiger charge is 2.23. The molecular formula is C11H14ClN3O3S. The summed E-state index contributed by atoms with van der Waals surface area (Å²) in [5.74, 6) is 1.10. The highest BCUT2D eigenvalue weighted by molar-refractivity contribution is 7.91. The first-order valence-electron chi connectivity index (χ1n) is 5.87. The third-order valence-electron chi connectivity index (χ3n) is 2.96. The van der Waals surface area contributed by atoms with Crippen LogP contribution >= 0.6 is 11.6 Å². The molecule has 19 heavy (non-hydrogen) atoms. The van der Waals surface area contributed by atoms with E-state index in [1.54, 1.807) is 11.8 Å². The van der Waals surface area contributed by atoms with Crippen LogP contribution in [0.25, 0.3) is 0 Å². The number of carbonyl (C=O) groups excluding carboxylic acids is 1. The zero-order valence-electron chi connectivity index (χ0n) is 10.5. The van der Waals surface area contributed by atoms with Crippen molar-refractivity contribution in [2.45, 2.75) is 13.3 Å². The second-order valence-electron chi connectivity index (χ2n) is 4.41. The summed E-state index contributed by atoms with van der Waals surface area (Å²) < 4.78 is 23.2. The molecule has 1 aliphatic rings. The van der Waals surface area contributed by atoms with Gasteiger partial charge in [0.25, 0.3) is 0 Å². The summed E-state index contributed by atoms with van der Waals surface area (Å²) in [6.07, 6.45) is 1.12. The Morgan fingerprint density at radius 3 is 2.68 bits per heavy atom. The van der Waals surface area contributed by atoms with Crippen molar-refractivity contribution in [2.24, 2.45) is 0 Å². The number of halogens is 1. The molecule has 104 valence electrons. The third-order valence-corrected chi connectivity index (χ3v) is 4.97. The van der Waals surface area contributed by atoms with E-state index >= 15 is 0 Å². The maximum Gasteiger partial charge on any atom is 0.156 e. The average Bonchev–Trinajstić information content (AvgIpc) is 2.49. The van der Waals surface area contributed by atoms with Gasteiger partial charge in [-0.1, -0.05) is 11.6 Å². The van der Waals surface area contributed by atoms with E-state index < -0.39 is 9.84 Å². The highest BCUT2D eigenvalue weighted by Crippen LogP contribution is 2.24. The van der Waals surface area contributed by atoms with Gasteiger partial charge in [0, 0.05) is 13.1 Å². The topological polar surface area (TPSA) is 80.2 Å². The van der Waals surface area contributed by atoms with Crippen LogP contribution in [-0.2, 0) is 9.84 Å². The van der Waals surface area contributed by atoms with Crippen molar-refractivity contribution in [2.75, 3.05) is 29.5 Å². The minimum atomic E-state index is -3.01. The Bertz CT molecular complexity index is 603. The molecule has 0 N–H and O–H groups in total. The van der Waals surface area contributed by atoms with E-state index in [1.165, 1.54) is 0 Å². The third kappa shape index (κ3) is 3.22. The Balaban J connectivity index is 2.38. The van der Waals surface area contributed by atoms with E-state index in [0.29, 0.717) is 37.4 Å². The van der Waals surface area contributed by atoms with Crippen LogP contribution in [0.2, 0.25) is 5.15 Å². The van der Waals surface area contributed by atoms with Crippen molar-refractivity contribution in [1.29, 1.82) is 0 Å². The minimum Gasteiger partial charge on any atom is -0.355 e. The van der Waals surface area contributed by atoms with Crippen LogP contribution in [0.1, 0.15) is 22.6 Å². The molecule has 8 heteroatoms. The number of nitrogens with zero attached hydrogens (tertiary/aromatic N) is 3. The van der Waals surface area contributed by atoms with Gasteiger partial charge in [-0.05, 0) is 13.3 Å². The van der Waals surface area contributed by atoms with Crippen molar-refractivity contribution in [3.05, 3.63) is 16.5 Å². The first-order chi connectivity index (χ1) is 8.93. The molecule has 2 rings (SSSR count). The first-order valence-corrected chi connectivity index (χ1v) is 8.07. The van der Waals surface area contributed by atoms with Crippen LogP contribution in [0, 0.1) is 6.92 Å². The monoisotopic (exact) mass is 303 g/mol. The molecule has 0 spiro atoms. The molecule has 1 aromatic heterocycles. The molecule has 0 radical (unpaired) electrons. The molecule has 0 aromatic carbocycles. The summed E-state index contributed by atoms with van der Waals surface area (Å²) in [6, 6.07) is 0. The minimum absolute atomic E-state index is 0.0615. The highest BCUT2D eigenvalue weighted by atomic mass is 35.5. The van der Waals surface area contributed by atoms with Gasteiger partial charge in [-0.2, -0.15) is 0 Å². The van der Waals surface area contributed by atoms with E-state index in [2.05, 4.69) is 9.97 Å². The molecule has 0 bridgehead atoms. The van der Waals surface area contributed by atoms with E-state index in [9.17, 15) is 13.2 Å². The Morgan fingerprint density at radius 2 is 2.00 bits per heavy atom. The maximum atomic E-state index is 11.6. The fraction of sp³-hybridized carbons (Fsp3) is 0.545. The van der Waals surface area contributed by atoms with Gasteiger partial charge in [-0.3, -0.25) is 4.79 Å². The molecule has 1 aliphatic heterocycles. The quantitative estimate of drug-likeness (QED) is 0.596. The van der Waals surface area contributed by atoms with Crippen LogP contribution in [0.4, 0.5) is 5.82 Å². The lowest BCUT2D eigenvalue weighted by Crippen LogP contribution is -2.29. The van der Waals surface area contributed by atoms with Crippen LogP contribution in [0.15, 0.2) is 0 Å². The molecule has 1 aromatic rings. The molecule has 6 nitrogen and oxygen atoms in total. The summed E-state index contributed by atoms with van der Waals surface area (Å²) in [4.78, 5) is 21.0. The number of anilines is 1. The molecule has 2 heterocycles. The summed E-state index contributed by atoms with van der Waals surface area (Å²) >= 11 is 5.92. The summed E-state index contributed by atoms with van der Waals surface area (Å²) in [6.45, 7) is 2.53. The molecule has 1 fully saturated rings.